The minimum absolute atomic E-state index is 0.00229. The highest BCUT2D eigenvalue weighted by molar-refractivity contribution is 8.77. The van der Waals surface area contributed by atoms with Crippen molar-refractivity contribution in [3.05, 3.63) is 65.7 Å². The fourth-order valence-corrected chi connectivity index (χ4v) is 12.7. The van der Waals surface area contributed by atoms with Crippen LogP contribution in [-0.2, 0) is 56.0 Å². The summed E-state index contributed by atoms with van der Waals surface area (Å²) in [6.45, 7) is 5.80. The fourth-order valence-electron chi connectivity index (χ4n) is 9.28. The first-order valence-corrected chi connectivity index (χ1v) is 29.7. The van der Waals surface area contributed by atoms with Crippen molar-refractivity contribution in [2.75, 3.05) is 32.0 Å². The number of primary amides is 1. The van der Waals surface area contributed by atoms with Gasteiger partial charge in [0, 0.05) is 49.3 Å². The number of nitrogens with zero attached hydrogens (tertiary/aromatic N) is 2. The highest BCUT2D eigenvalue weighted by atomic mass is 33.1. The molecule has 1 saturated carbocycles. The summed E-state index contributed by atoms with van der Waals surface area (Å²) < 4.78 is 4.91. The lowest BCUT2D eigenvalue weighted by Gasteiger charge is -2.36. The first kappa shape index (κ1) is 66.4. The van der Waals surface area contributed by atoms with Crippen molar-refractivity contribution >= 4 is 86.5 Å². The SMILES string of the molecule is CCOc1ccc(CC2NC(=O)CC3(CCCCC3)SSCC(C(=O)N[C@@H](CCCN=C(N)N)C(=O)N[C@@H](CCCN=C(N)N)C(=O)CCN)NC(=O)[C@H](CC(N)=O)NC(=O)[C@H](C(C)C)NC(=O)C(Cc3ccccc3)NC2=O)cc1. The predicted octanol–water partition coefficient (Wildman–Crippen LogP) is -0.691. The Kier molecular flexibility index (Phi) is 28.0. The van der Waals surface area contributed by atoms with Crippen molar-refractivity contribution in [3.63, 3.8) is 0 Å². The number of guanidine groups is 2. The van der Waals surface area contributed by atoms with E-state index in [9.17, 15) is 43.2 Å². The Morgan fingerprint density at radius 3 is 1.85 bits per heavy atom. The Balaban J connectivity index is 1.79. The Morgan fingerprint density at radius 1 is 0.704 bits per heavy atom. The molecule has 1 heterocycles. The third-order valence-electron chi connectivity index (χ3n) is 13.5. The van der Waals surface area contributed by atoms with E-state index in [1.54, 1.807) is 68.4 Å². The molecule has 27 heteroatoms. The highest BCUT2D eigenvalue weighted by Crippen LogP contribution is 2.48. The van der Waals surface area contributed by atoms with Crippen LogP contribution in [0.1, 0.15) is 109 Å². The van der Waals surface area contributed by atoms with E-state index in [1.165, 1.54) is 21.6 Å². The van der Waals surface area contributed by atoms with Gasteiger partial charge in [0.15, 0.2) is 17.7 Å². The van der Waals surface area contributed by atoms with Gasteiger partial charge in [0.1, 0.15) is 42.0 Å². The summed E-state index contributed by atoms with van der Waals surface area (Å²) in [7, 11) is 2.53. The molecule has 19 N–H and O–H groups in total. The average molecular weight is 1170 g/mol. The molecule has 4 rings (SSSR count). The number of amides is 8. The van der Waals surface area contributed by atoms with Crippen molar-refractivity contribution in [2.24, 2.45) is 50.3 Å². The van der Waals surface area contributed by atoms with Gasteiger partial charge in [0.05, 0.1) is 19.1 Å². The minimum Gasteiger partial charge on any atom is -0.494 e. The Hall–Kier alpha value is -7.13. The Bertz CT molecular complexity index is 2490. The van der Waals surface area contributed by atoms with Crippen molar-refractivity contribution in [3.8, 4) is 5.75 Å². The number of carbonyl (C=O) groups is 9. The first-order chi connectivity index (χ1) is 38.6. The second-order valence-corrected chi connectivity index (χ2v) is 23.3. The van der Waals surface area contributed by atoms with E-state index < -0.39 is 107 Å². The molecule has 0 aromatic heterocycles. The lowest BCUT2D eigenvalue weighted by atomic mass is 9.85. The van der Waals surface area contributed by atoms with E-state index in [4.69, 9.17) is 39.1 Å². The van der Waals surface area contributed by atoms with E-state index >= 15 is 0 Å². The summed E-state index contributed by atoms with van der Waals surface area (Å²) in [4.78, 5) is 135. The van der Waals surface area contributed by atoms with Crippen LogP contribution in [0.3, 0.4) is 0 Å². The molecule has 0 radical (unpaired) electrons. The molecule has 0 bridgehead atoms. The van der Waals surface area contributed by atoms with Crippen LogP contribution in [0.4, 0.5) is 0 Å². The Labute approximate surface area is 481 Å². The third-order valence-corrected chi connectivity index (χ3v) is 16.8. The quantitative estimate of drug-likeness (QED) is 0.0268. The lowest BCUT2D eigenvalue weighted by Crippen LogP contribution is -2.61. The summed E-state index contributed by atoms with van der Waals surface area (Å²) in [6, 6.07) is 6.60. The first-order valence-electron chi connectivity index (χ1n) is 27.4. The maximum absolute atomic E-state index is 14.8. The van der Waals surface area contributed by atoms with Gasteiger partial charge in [-0.05, 0) is 81.2 Å². The van der Waals surface area contributed by atoms with E-state index in [0.717, 1.165) is 19.3 Å². The number of aliphatic imine (C=N–C) groups is 2. The summed E-state index contributed by atoms with van der Waals surface area (Å²) in [6.07, 6.45) is 3.29. The maximum Gasteiger partial charge on any atom is 0.244 e. The topological polar surface area (TPSA) is 428 Å². The lowest BCUT2D eigenvalue weighted by molar-refractivity contribution is -0.136. The summed E-state index contributed by atoms with van der Waals surface area (Å²) >= 11 is 0. The van der Waals surface area contributed by atoms with Crippen molar-refractivity contribution in [1.82, 2.24) is 37.2 Å². The van der Waals surface area contributed by atoms with E-state index in [2.05, 4.69) is 47.2 Å². The van der Waals surface area contributed by atoms with Gasteiger partial charge in [-0.15, -0.1) is 0 Å². The van der Waals surface area contributed by atoms with Crippen LogP contribution in [0, 0.1) is 5.92 Å². The molecule has 446 valence electrons. The maximum atomic E-state index is 14.8. The monoisotopic (exact) mass is 1170 g/mol. The van der Waals surface area contributed by atoms with Crippen LogP contribution in [0.2, 0.25) is 0 Å². The largest absolute Gasteiger partial charge is 0.494 e. The van der Waals surface area contributed by atoms with Gasteiger partial charge in [-0.3, -0.25) is 53.1 Å². The van der Waals surface area contributed by atoms with Crippen molar-refractivity contribution in [2.45, 2.75) is 158 Å². The van der Waals surface area contributed by atoms with Crippen LogP contribution in [0.5, 0.6) is 5.75 Å². The smallest absolute Gasteiger partial charge is 0.244 e. The van der Waals surface area contributed by atoms with Crippen molar-refractivity contribution < 1.29 is 47.9 Å². The molecule has 3 unspecified atom stereocenters. The number of rotatable bonds is 24. The fraction of sp³-hybridized carbons (Fsp3) is 0.574. The molecule has 2 aliphatic rings. The van der Waals surface area contributed by atoms with Gasteiger partial charge in [-0.25, -0.2) is 0 Å². The zero-order valence-electron chi connectivity index (χ0n) is 46.5. The number of ether oxygens (including phenoxy) is 1. The predicted molar refractivity (Wildman–Crippen MR) is 313 cm³/mol. The molecule has 2 aromatic carbocycles. The van der Waals surface area contributed by atoms with Gasteiger partial charge in [0.2, 0.25) is 47.3 Å². The molecule has 25 nitrogen and oxygen atoms in total. The number of benzene rings is 2. The number of nitrogens with one attached hydrogen (secondary N) is 7. The Morgan fingerprint density at radius 2 is 1.27 bits per heavy atom. The molecule has 2 fully saturated rings. The van der Waals surface area contributed by atoms with Crippen LogP contribution >= 0.6 is 21.6 Å². The molecule has 1 aliphatic heterocycles. The molecule has 7 atom stereocenters. The van der Waals surface area contributed by atoms with E-state index in [0.29, 0.717) is 42.7 Å². The molecule has 2 aromatic rings. The number of nitrogens with two attached hydrogens (primary N) is 6. The minimum atomic E-state index is -1.68. The summed E-state index contributed by atoms with van der Waals surface area (Å²) in [5, 5.41) is 19.3. The standard InChI is InChI=1S/C54H83N15O10S2/c1-4-79-35-19-17-34(18-20-35)28-38-47(74)66-39(27-33-13-7-5-8-14-33)49(76)69-45(32(2)3)51(78)67-40(29-43(56)71)48(75)68-41(31-80-81-54(30-44(72)63-38)22-9-6-10-23-54)50(77)65-37(16-12-26-62-53(59)60)46(73)64-36(42(70)21-24-55)15-11-25-61-52(57)58/h5,7-8,13-14,17-20,32,36-41,45H,4,6,9-12,15-16,21-31,55H2,1-3H3,(H2,56,71)(H,63,72)(H,64,73)(H,65,77)(H,66,74)(H,67,78)(H,68,75)(H,69,76)(H4,57,58,61)(H4,59,60,62)/t36-,37-,38?,39?,40-,41?,45-/m0/s1. The summed E-state index contributed by atoms with van der Waals surface area (Å²) in [5.74, 6) is -7.30. The van der Waals surface area contributed by atoms with E-state index in [-0.39, 0.29) is 88.0 Å². The van der Waals surface area contributed by atoms with Gasteiger partial charge >= 0.3 is 0 Å². The number of Topliss-reactive ketones (excluding diaryl/α,β-unsaturated/α-hetero) is 1. The molecule has 81 heavy (non-hydrogen) atoms. The van der Waals surface area contributed by atoms with Gasteiger partial charge in [0.25, 0.3) is 0 Å². The number of hydrogen-bond donors (Lipinski definition) is 13. The third kappa shape index (κ3) is 23.5. The molecular weight excluding hydrogens is 1080 g/mol. The van der Waals surface area contributed by atoms with Gasteiger partial charge in [-0.1, -0.05) is 97.2 Å². The van der Waals surface area contributed by atoms with Gasteiger partial charge < -0.3 is 76.4 Å². The number of hydrogen-bond acceptors (Lipinski definition) is 15. The zero-order valence-corrected chi connectivity index (χ0v) is 48.1. The molecule has 1 saturated heterocycles. The summed E-state index contributed by atoms with van der Waals surface area (Å²) in [5.41, 5.74) is 34.8. The van der Waals surface area contributed by atoms with Crippen LogP contribution < -0.4 is 76.4 Å². The van der Waals surface area contributed by atoms with Crippen LogP contribution in [0.25, 0.3) is 0 Å². The van der Waals surface area contributed by atoms with Crippen LogP contribution in [-0.4, -0.2) is 144 Å². The van der Waals surface area contributed by atoms with Crippen LogP contribution in [0.15, 0.2) is 64.6 Å². The average Bonchev–Trinajstić information content (AvgIpc) is 3.44. The second kappa shape index (κ2) is 34.2. The molecule has 1 aliphatic carbocycles. The van der Waals surface area contributed by atoms with Crippen molar-refractivity contribution in [1.29, 1.82) is 0 Å². The van der Waals surface area contributed by atoms with Gasteiger partial charge in [-0.2, -0.15) is 0 Å². The second-order valence-electron chi connectivity index (χ2n) is 20.5. The normalized spacial score (nSPS) is 21.0. The highest BCUT2D eigenvalue weighted by Gasteiger charge is 2.40. The molecule has 1 spiro atoms. The molecule has 8 amide bonds. The zero-order chi connectivity index (χ0) is 59.5. The number of ketones is 1. The van der Waals surface area contributed by atoms with E-state index in [1.807, 2.05) is 6.92 Å². The molecular formula is C54H83N15O10S2. The number of carbonyl (C=O) groups excluding carboxylic acids is 9.